The van der Waals surface area contributed by atoms with Gasteiger partial charge in [0.2, 0.25) is 0 Å². The zero-order chi connectivity index (χ0) is 19.2. The Balaban J connectivity index is 1.28. The third-order valence-corrected chi connectivity index (χ3v) is 4.46. The maximum absolute atomic E-state index is 12.3. The van der Waals surface area contributed by atoms with Gasteiger partial charge < -0.3 is 20.3 Å². The molecule has 1 saturated heterocycles. The monoisotopic (exact) mass is 379 g/mol. The summed E-state index contributed by atoms with van der Waals surface area (Å²) in [6, 6.07) is 7.24. The molecule has 144 valence electrons. The lowest BCUT2D eigenvalue weighted by Crippen LogP contribution is -2.36. The smallest absolute Gasteiger partial charge is 0.251 e. The van der Waals surface area contributed by atoms with E-state index in [-0.39, 0.29) is 5.91 Å². The van der Waals surface area contributed by atoms with Gasteiger partial charge in [0.25, 0.3) is 5.91 Å². The largest absolute Gasteiger partial charge is 0.378 e. The number of benzene rings is 1. The number of rotatable bonds is 6. The standard InChI is InChI=1S/C19H21N7O2/c27-19(14-1-2-16-17(11-14)21-4-3-20-16)23-6-5-22-18-12-15(13-24-25-18)26-7-9-28-10-8-26/h1-4,11-13H,5-10H2,(H,22,25)(H,23,27). The zero-order valence-electron chi connectivity index (χ0n) is 15.3. The lowest BCUT2D eigenvalue weighted by molar-refractivity contribution is 0.0955. The molecule has 28 heavy (non-hydrogen) atoms. The first-order valence-corrected chi connectivity index (χ1v) is 9.18. The number of aromatic nitrogens is 4. The summed E-state index contributed by atoms with van der Waals surface area (Å²) in [6.45, 7) is 4.13. The minimum absolute atomic E-state index is 0.150. The van der Waals surface area contributed by atoms with Crippen LogP contribution in [0.2, 0.25) is 0 Å². The molecule has 3 heterocycles. The quantitative estimate of drug-likeness (QED) is 0.614. The van der Waals surface area contributed by atoms with E-state index in [1.165, 1.54) is 0 Å². The molecule has 0 atom stereocenters. The van der Waals surface area contributed by atoms with Crippen molar-refractivity contribution in [1.29, 1.82) is 0 Å². The van der Waals surface area contributed by atoms with Crippen LogP contribution >= 0.6 is 0 Å². The molecule has 1 fully saturated rings. The molecule has 0 spiro atoms. The van der Waals surface area contributed by atoms with Crippen LogP contribution < -0.4 is 15.5 Å². The van der Waals surface area contributed by atoms with Gasteiger partial charge in [-0.25, -0.2) is 0 Å². The second-order valence-corrected chi connectivity index (χ2v) is 6.34. The molecule has 1 aliphatic rings. The Morgan fingerprint density at radius 3 is 2.75 bits per heavy atom. The highest BCUT2D eigenvalue weighted by Crippen LogP contribution is 2.17. The topological polar surface area (TPSA) is 105 Å². The van der Waals surface area contributed by atoms with E-state index in [1.54, 1.807) is 36.8 Å². The predicted molar refractivity (Wildman–Crippen MR) is 105 cm³/mol. The Labute approximate surface area is 162 Å². The van der Waals surface area contributed by atoms with E-state index < -0.39 is 0 Å². The van der Waals surface area contributed by atoms with Crippen LogP contribution in [0.1, 0.15) is 10.4 Å². The van der Waals surface area contributed by atoms with Crippen molar-refractivity contribution in [2.24, 2.45) is 0 Å². The highest BCUT2D eigenvalue weighted by Gasteiger charge is 2.12. The van der Waals surface area contributed by atoms with E-state index in [4.69, 9.17) is 4.74 Å². The van der Waals surface area contributed by atoms with Crippen LogP contribution in [0.5, 0.6) is 0 Å². The van der Waals surface area contributed by atoms with Crippen LogP contribution in [-0.2, 0) is 4.74 Å². The molecule has 0 aliphatic carbocycles. The van der Waals surface area contributed by atoms with E-state index >= 15 is 0 Å². The third kappa shape index (κ3) is 4.32. The summed E-state index contributed by atoms with van der Waals surface area (Å²) in [5.41, 5.74) is 3.03. The number of ether oxygens (including phenoxy) is 1. The number of nitrogens with zero attached hydrogens (tertiary/aromatic N) is 5. The summed E-state index contributed by atoms with van der Waals surface area (Å²) < 4.78 is 5.37. The number of fused-ring (bicyclic) bond motifs is 1. The van der Waals surface area contributed by atoms with E-state index in [9.17, 15) is 4.79 Å². The van der Waals surface area contributed by atoms with Crippen LogP contribution in [0.3, 0.4) is 0 Å². The van der Waals surface area contributed by atoms with Crippen LogP contribution in [-0.4, -0.2) is 65.5 Å². The number of hydrogen-bond donors (Lipinski definition) is 2. The Morgan fingerprint density at radius 1 is 1.07 bits per heavy atom. The fourth-order valence-electron chi connectivity index (χ4n) is 3.01. The van der Waals surface area contributed by atoms with E-state index in [0.717, 1.165) is 37.5 Å². The van der Waals surface area contributed by atoms with E-state index in [1.807, 2.05) is 6.07 Å². The van der Waals surface area contributed by atoms with Gasteiger partial charge in [0.1, 0.15) is 0 Å². The normalized spacial score (nSPS) is 14.1. The fourth-order valence-corrected chi connectivity index (χ4v) is 3.01. The van der Waals surface area contributed by atoms with Crippen molar-refractivity contribution in [2.75, 3.05) is 49.6 Å². The maximum atomic E-state index is 12.3. The van der Waals surface area contributed by atoms with Gasteiger partial charge in [-0.2, -0.15) is 5.10 Å². The molecule has 9 heteroatoms. The van der Waals surface area contributed by atoms with Crippen LogP contribution in [0.25, 0.3) is 11.0 Å². The first-order chi connectivity index (χ1) is 13.8. The van der Waals surface area contributed by atoms with Gasteiger partial charge in [0, 0.05) is 50.2 Å². The van der Waals surface area contributed by atoms with Gasteiger partial charge in [-0.15, -0.1) is 5.10 Å². The molecule has 1 amide bonds. The highest BCUT2D eigenvalue weighted by atomic mass is 16.5. The number of carbonyl (C=O) groups excluding carboxylic acids is 1. The molecule has 0 radical (unpaired) electrons. The second kappa shape index (κ2) is 8.57. The van der Waals surface area contributed by atoms with Crippen LogP contribution in [0.4, 0.5) is 11.5 Å². The van der Waals surface area contributed by atoms with Crippen LogP contribution in [0, 0.1) is 0 Å². The minimum atomic E-state index is -0.150. The van der Waals surface area contributed by atoms with Gasteiger partial charge >= 0.3 is 0 Å². The summed E-state index contributed by atoms with van der Waals surface area (Å²) in [6.07, 6.45) is 4.99. The van der Waals surface area contributed by atoms with Gasteiger partial charge in [-0.3, -0.25) is 14.8 Å². The number of nitrogens with one attached hydrogen (secondary N) is 2. The molecule has 0 unspecified atom stereocenters. The Bertz CT molecular complexity index is 960. The lowest BCUT2D eigenvalue weighted by atomic mass is 10.2. The van der Waals surface area contributed by atoms with Gasteiger partial charge in [-0.1, -0.05) is 0 Å². The molecule has 2 N–H and O–H groups in total. The fraction of sp³-hybridized carbons (Fsp3) is 0.316. The zero-order valence-corrected chi connectivity index (χ0v) is 15.3. The SMILES string of the molecule is O=C(NCCNc1cc(N2CCOCC2)cnn1)c1ccc2nccnc2c1. The molecule has 0 bridgehead atoms. The molecule has 1 aliphatic heterocycles. The van der Waals surface area contributed by atoms with Crippen molar-refractivity contribution in [3.63, 3.8) is 0 Å². The van der Waals surface area contributed by atoms with Gasteiger partial charge in [0.15, 0.2) is 5.82 Å². The third-order valence-electron chi connectivity index (χ3n) is 4.46. The highest BCUT2D eigenvalue weighted by molar-refractivity contribution is 5.97. The van der Waals surface area contributed by atoms with Gasteiger partial charge in [-0.05, 0) is 18.2 Å². The minimum Gasteiger partial charge on any atom is -0.378 e. The molecule has 1 aromatic carbocycles. The first kappa shape index (κ1) is 18.1. The summed E-state index contributed by atoms with van der Waals surface area (Å²) in [4.78, 5) is 23.0. The number of amides is 1. The van der Waals surface area contributed by atoms with Crippen molar-refractivity contribution in [2.45, 2.75) is 0 Å². The first-order valence-electron chi connectivity index (χ1n) is 9.18. The van der Waals surface area contributed by atoms with E-state index in [2.05, 4.69) is 35.7 Å². The molecule has 3 aromatic rings. The molecule has 4 rings (SSSR count). The average Bonchev–Trinajstić information content (AvgIpc) is 2.77. The number of hydrogen-bond acceptors (Lipinski definition) is 8. The average molecular weight is 379 g/mol. The molecule has 2 aromatic heterocycles. The predicted octanol–water partition coefficient (Wildman–Crippen LogP) is 1.10. The second-order valence-electron chi connectivity index (χ2n) is 6.34. The van der Waals surface area contributed by atoms with Crippen molar-refractivity contribution < 1.29 is 9.53 Å². The summed E-state index contributed by atoms with van der Waals surface area (Å²) in [7, 11) is 0. The Hall–Kier alpha value is -3.33. The number of anilines is 2. The summed E-state index contributed by atoms with van der Waals surface area (Å²) in [5.74, 6) is 0.529. The molecule has 0 saturated carbocycles. The van der Waals surface area contributed by atoms with Gasteiger partial charge in [0.05, 0.1) is 36.1 Å². The van der Waals surface area contributed by atoms with Crippen molar-refractivity contribution in [3.8, 4) is 0 Å². The lowest BCUT2D eigenvalue weighted by Gasteiger charge is -2.28. The Kier molecular flexibility index (Phi) is 5.53. The van der Waals surface area contributed by atoms with Crippen molar-refractivity contribution in [3.05, 3.63) is 48.4 Å². The Morgan fingerprint density at radius 2 is 1.89 bits per heavy atom. The molecular formula is C19H21N7O2. The molecule has 9 nitrogen and oxygen atoms in total. The van der Waals surface area contributed by atoms with Crippen LogP contribution in [0.15, 0.2) is 42.9 Å². The number of carbonyl (C=O) groups is 1. The van der Waals surface area contributed by atoms with Crippen molar-refractivity contribution in [1.82, 2.24) is 25.5 Å². The summed E-state index contributed by atoms with van der Waals surface area (Å²) in [5, 5.41) is 14.2. The number of morpholine rings is 1. The summed E-state index contributed by atoms with van der Waals surface area (Å²) >= 11 is 0. The van der Waals surface area contributed by atoms with Crippen molar-refractivity contribution >= 4 is 28.4 Å². The van der Waals surface area contributed by atoms with E-state index in [0.29, 0.717) is 30.0 Å². The maximum Gasteiger partial charge on any atom is 0.251 e. The molecular weight excluding hydrogens is 358 g/mol.